The number of nitrogens with zero attached hydrogens (tertiary/aromatic N) is 1. The number of halogens is 1. The van der Waals surface area contributed by atoms with E-state index in [2.05, 4.69) is 5.32 Å². The smallest absolute Gasteiger partial charge is 0.249 e. The molecule has 0 fully saturated rings. The average molecular weight is 314 g/mol. The van der Waals surface area contributed by atoms with Crippen LogP contribution in [0.3, 0.4) is 0 Å². The summed E-state index contributed by atoms with van der Waals surface area (Å²) in [5.74, 6) is 0.490. The number of benzene rings is 2. The van der Waals surface area contributed by atoms with Gasteiger partial charge in [0.1, 0.15) is 17.6 Å². The summed E-state index contributed by atoms with van der Waals surface area (Å²) in [6.45, 7) is 2.84. The van der Waals surface area contributed by atoms with Gasteiger partial charge in [-0.05, 0) is 43.7 Å². The molecule has 1 amide bonds. The van der Waals surface area contributed by atoms with E-state index in [4.69, 9.17) is 4.74 Å². The van der Waals surface area contributed by atoms with Gasteiger partial charge >= 0.3 is 0 Å². The maximum absolute atomic E-state index is 13.4. The first-order valence-electron chi connectivity index (χ1n) is 7.70. The summed E-state index contributed by atoms with van der Waals surface area (Å²) in [5, 5.41) is 3.03. The number of ether oxygens (including phenoxy) is 1. The van der Waals surface area contributed by atoms with Crippen LogP contribution in [0.5, 0.6) is 5.75 Å². The second kappa shape index (κ2) is 6.69. The van der Waals surface area contributed by atoms with Crippen molar-refractivity contribution >= 4 is 17.3 Å². The molecule has 4 nitrogen and oxygen atoms in total. The third-order valence-electron chi connectivity index (χ3n) is 3.80. The lowest BCUT2D eigenvalue weighted by Gasteiger charge is -2.34. The Kier molecular flexibility index (Phi) is 4.46. The minimum atomic E-state index is -0.362. The van der Waals surface area contributed by atoms with Gasteiger partial charge in [-0.25, -0.2) is 4.39 Å². The van der Waals surface area contributed by atoms with E-state index in [1.54, 1.807) is 17.9 Å². The molecule has 1 unspecified atom stereocenters. The number of anilines is 2. The average Bonchev–Trinajstić information content (AvgIpc) is 2.55. The van der Waals surface area contributed by atoms with E-state index >= 15 is 0 Å². The molecule has 23 heavy (non-hydrogen) atoms. The first-order chi connectivity index (χ1) is 11.1. The summed E-state index contributed by atoms with van der Waals surface area (Å²) in [6.07, 6.45) is 0.699. The zero-order chi connectivity index (χ0) is 16.2. The summed E-state index contributed by atoms with van der Waals surface area (Å²) in [6, 6.07) is 13.6. The molecule has 1 aliphatic rings. The third-order valence-corrected chi connectivity index (χ3v) is 3.80. The maximum atomic E-state index is 13.4. The Hall–Kier alpha value is -2.56. The molecule has 0 aliphatic carbocycles. The second-order valence-corrected chi connectivity index (χ2v) is 5.53. The largest absolute Gasteiger partial charge is 0.494 e. The SMILES string of the molecule is CC1Nc2cc(F)ccc2N(CCCOc2ccccc2)C1=O. The Bertz CT molecular complexity index is 691. The molecular weight excluding hydrogens is 295 g/mol. The van der Waals surface area contributed by atoms with Gasteiger partial charge < -0.3 is 15.0 Å². The van der Waals surface area contributed by atoms with Crippen molar-refractivity contribution in [3.63, 3.8) is 0 Å². The van der Waals surface area contributed by atoms with Gasteiger partial charge in [0, 0.05) is 6.54 Å². The van der Waals surface area contributed by atoms with Crippen LogP contribution in [-0.4, -0.2) is 25.1 Å². The van der Waals surface area contributed by atoms with Crippen molar-refractivity contribution in [2.45, 2.75) is 19.4 Å². The lowest BCUT2D eigenvalue weighted by Crippen LogP contribution is -2.46. The van der Waals surface area contributed by atoms with Crippen LogP contribution in [0.1, 0.15) is 13.3 Å². The Morgan fingerprint density at radius 1 is 1.22 bits per heavy atom. The van der Waals surface area contributed by atoms with Crippen LogP contribution in [0.15, 0.2) is 48.5 Å². The van der Waals surface area contributed by atoms with Crippen molar-refractivity contribution in [1.29, 1.82) is 0 Å². The van der Waals surface area contributed by atoms with E-state index in [-0.39, 0.29) is 17.8 Å². The topological polar surface area (TPSA) is 41.6 Å². The Morgan fingerprint density at radius 2 is 2.00 bits per heavy atom. The summed E-state index contributed by atoms with van der Waals surface area (Å²) in [4.78, 5) is 14.1. The molecule has 3 rings (SSSR count). The van der Waals surface area contributed by atoms with Gasteiger partial charge in [-0.1, -0.05) is 18.2 Å². The van der Waals surface area contributed by atoms with E-state index in [0.29, 0.717) is 30.9 Å². The lowest BCUT2D eigenvalue weighted by molar-refractivity contribution is -0.119. The van der Waals surface area contributed by atoms with Gasteiger partial charge in [0.15, 0.2) is 0 Å². The van der Waals surface area contributed by atoms with E-state index in [9.17, 15) is 9.18 Å². The summed E-state index contributed by atoms with van der Waals surface area (Å²) < 4.78 is 19.0. The van der Waals surface area contributed by atoms with E-state index < -0.39 is 0 Å². The van der Waals surface area contributed by atoms with Crippen LogP contribution in [0.25, 0.3) is 0 Å². The van der Waals surface area contributed by atoms with Crippen molar-refractivity contribution in [1.82, 2.24) is 0 Å². The third kappa shape index (κ3) is 3.44. The van der Waals surface area contributed by atoms with Gasteiger partial charge in [-0.2, -0.15) is 0 Å². The molecule has 1 N–H and O–H groups in total. The summed E-state index contributed by atoms with van der Waals surface area (Å²) in [7, 11) is 0. The van der Waals surface area contributed by atoms with Crippen molar-refractivity contribution in [3.05, 3.63) is 54.3 Å². The number of hydrogen-bond acceptors (Lipinski definition) is 3. The van der Waals surface area contributed by atoms with Crippen molar-refractivity contribution in [2.75, 3.05) is 23.4 Å². The van der Waals surface area contributed by atoms with Crippen LogP contribution in [0.2, 0.25) is 0 Å². The Morgan fingerprint density at radius 3 is 2.78 bits per heavy atom. The number of carbonyl (C=O) groups excluding carboxylic acids is 1. The second-order valence-electron chi connectivity index (χ2n) is 5.53. The molecule has 1 atom stereocenters. The van der Waals surface area contributed by atoms with Gasteiger partial charge in [0.2, 0.25) is 5.91 Å². The van der Waals surface area contributed by atoms with Crippen LogP contribution >= 0.6 is 0 Å². The van der Waals surface area contributed by atoms with Gasteiger partial charge in [0.25, 0.3) is 0 Å². The molecule has 0 saturated carbocycles. The summed E-state index contributed by atoms with van der Waals surface area (Å²) in [5.41, 5.74) is 1.37. The number of rotatable bonds is 5. The number of para-hydroxylation sites is 1. The molecular formula is C18H19FN2O2. The molecule has 2 aromatic carbocycles. The lowest BCUT2D eigenvalue weighted by atomic mass is 10.1. The van der Waals surface area contributed by atoms with Gasteiger partial charge in [-0.3, -0.25) is 4.79 Å². The van der Waals surface area contributed by atoms with Crippen LogP contribution in [0, 0.1) is 5.82 Å². The van der Waals surface area contributed by atoms with Crippen LogP contribution in [0.4, 0.5) is 15.8 Å². The van der Waals surface area contributed by atoms with Crippen molar-refractivity contribution in [2.24, 2.45) is 0 Å². The Balaban J connectivity index is 1.64. The first kappa shape index (κ1) is 15.3. The van der Waals surface area contributed by atoms with Gasteiger partial charge in [0.05, 0.1) is 18.0 Å². The monoisotopic (exact) mass is 314 g/mol. The molecule has 1 heterocycles. The quantitative estimate of drug-likeness (QED) is 0.860. The highest BCUT2D eigenvalue weighted by Crippen LogP contribution is 2.32. The van der Waals surface area contributed by atoms with Crippen LogP contribution in [-0.2, 0) is 4.79 Å². The highest BCUT2D eigenvalue weighted by Gasteiger charge is 2.29. The van der Waals surface area contributed by atoms with E-state index in [1.165, 1.54) is 12.1 Å². The molecule has 1 aliphatic heterocycles. The highest BCUT2D eigenvalue weighted by molar-refractivity contribution is 6.04. The normalized spacial score (nSPS) is 16.7. The Labute approximate surface area is 134 Å². The zero-order valence-corrected chi connectivity index (χ0v) is 13.0. The van der Waals surface area contributed by atoms with E-state index in [0.717, 1.165) is 5.75 Å². The van der Waals surface area contributed by atoms with Crippen molar-refractivity contribution in [3.8, 4) is 5.75 Å². The molecule has 0 bridgehead atoms. The fraction of sp³-hybridized carbons (Fsp3) is 0.278. The number of amides is 1. The van der Waals surface area contributed by atoms with Crippen LogP contribution < -0.4 is 15.0 Å². The molecule has 5 heteroatoms. The van der Waals surface area contributed by atoms with Crippen molar-refractivity contribution < 1.29 is 13.9 Å². The number of carbonyl (C=O) groups is 1. The molecule has 0 spiro atoms. The molecule has 2 aromatic rings. The molecule has 120 valence electrons. The van der Waals surface area contributed by atoms with E-state index in [1.807, 2.05) is 30.3 Å². The standard InChI is InChI=1S/C18H19FN2O2/c1-13-18(22)21(17-9-8-14(19)12-16(17)20-13)10-5-11-23-15-6-3-2-4-7-15/h2-4,6-9,12-13,20H,5,10-11H2,1H3. The molecule has 0 aromatic heterocycles. The summed E-state index contributed by atoms with van der Waals surface area (Å²) >= 11 is 0. The predicted molar refractivity (Wildman–Crippen MR) is 88.4 cm³/mol. The zero-order valence-electron chi connectivity index (χ0n) is 13.0. The van der Waals surface area contributed by atoms with Gasteiger partial charge in [-0.15, -0.1) is 0 Å². The number of nitrogens with one attached hydrogen (secondary N) is 1. The minimum Gasteiger partial charge on any atom is -0.494 e. The molecule has 0 radical (unpaired) electrons. The highest BCUT2D eigenvalue weighted by atomic mass is 19.1. The molecule has 0 saturated heterocycles. The fourth-order valence-electron chi connectivity index (χ4n) is 2.67. The predicted octanol–water partition coefficient (Wildman–Crippen LogP) is 3.44. The number of fused-ring (bicyclic) bond motifs is 1. The fourth-order valence-corrected chi connectivity index (χ4v) is 2.67. The number of hydrogen-bond donors (Lipinski definition) is 1. The maximum Gasteiger partial charge on any atom is 0.249 e. The minimum absolute atomic E-state index is 0.0104. The first-order valence-corrected chi connectivity index (χ1v) is 7.70.